The molecule has 7 nitrogen and oxygen atoms in total. The van der Waals surface area contributed by atoms with Gasteiger partial charge in [-0.05, 0) is 13.0 Å². The van der Waals surface area contributed by atoms with Crippen LogP contribution in [0.4, 0.5) is 5.69 Å². The largest absolute Gasteiger partial charge is 0.490 e. The molecule has 0 aliphatic rings. The molecular formula is C12H16N2O5. The number of carbonyl (C=O) groups excluding carboxylic acids is 1. The third kappa shape index (κ3) is 3.19. The number of nitrogens with zero attached hydrogens (tertiary/aromatic N) is 2. The molecule has 1 N–H and O–H groups in total. The summed E-state index contributed by atoms with van der Waals surface area (Å²) in [5.41, 5.74) is -0.139. The lowest BCUT2D eigenvalue weighted by molar-refractivity contribution is -0.385. The Bertz CT molecular complexity index is 475. The number of carbonyl (C=O) groups is 1. The Morgan fingerprint density at radius 2 is 2.21 bits per heavy atom. The van der Waals surface area contributed by atoms with Gasteiger partial charge in [-0.25, -0.2) is 0 Å². The van der Waals surface area contributed by atoms with Crippen LogP contribution in [0.15, 0.2) is 18.2 Å². The molecule has 0 unspecified atom stereocenters. The molecule has 0 radical (unpaired) electrons. The van der Waals surface area contributed by atoms with Gasteiger partial charge in [-0.3, -0.25) is 14.9 Å². The maximum absolute atomic E-state index is 12.2. The topological polar surface area (TPSA) is 92.9 Å². The van der Waals surface area contributed by atoms with E-state index >= 15 is 0 Å². The van der Waals surface area contributed by atoms with Crippen LogP contribution in [-0.2, 0) is 0 Å². The minimum absolute atomic E-state index is 0.0612. The quantitative estimate of drug-likeness (QED) is 0.615. The van der Waals surface area contributed by atoms with E-state index in [4.69, 9.17) is 9.84 Å². The molecule has 1 amide bonds. The van der Waals surface area contributed by atoms with Crippen molar-refractivity contribution in [2.45, 2.75) is 6.92 Å². The summed E-state index contributed by atoms with van der Waals surface area (Å²) in [6, 6.07) is 4.17. The predicted octanol–water partition coefficient (Wildman–Crippen LogP) is 1.06. The first-order valence-corrected chi connectivity index (χ1v) is 5.78. The SMILES string of the molecule is CCN(CCO)C(=O)c1cccc([N+](=O)[O-])c1OC. The first-order chi connectivity index (χ1) is 9.06. The monoisotopic (exact) mass is 268 g/mol. The highest BCUT2D eigenvalue weighted by Crippen LogP contribution is 2.31. The van der Waals surface area contributed by atoms with E-state index in [0.717, 1.165) is 0 Å². The third-order valence-electron chi connectivity index (χ3n) is 2.66. The molecule has 1 rings (SSSR count). The van der Waals surface area contributed by atoms with E-state index < -0.39 is 10.8 Å². The van der Waals surface area contributed by atoms with Crippen molar-refractivity contribution >= 4 is 11.6 Å². The Kier molecular flexibility index (Phi) is 5.25. The zero-order valence-corrected chi connectivity index (χ0v) is 10.8. The average Bonchev–Trinajstić information content (AvgIpc) is 2.42. The number of hydrogen-bond donors (Lipinski definition) is 1. The lowest BCUT2D eigenvalue weighted by atomic mass is 10.1. The molecule has 1 aromatic carbocycles. The third-order valence-corrected chi connectivity index (χ3v) is 2.66. The molecule has 104 valence electrons. The van der Waals surface area contributed by atoms with Gasteiger partial charge in [0.2, 0.25) is 5.75 Å². The lowest BCUT2D eigenvalue weighted by Crippen LogP contribution is -2.33. The Balaban J connectivity index is 3.22. The Morgan fingerprint density at radius 1 is 1.53 bits per heavy atom. The molecule has 0 bridgehead atoms. The van der Waals surface area contributed by atoms with Gasteiger partial charge in [0.15, 0.2) is 0 Å². The highest BCUT2D eigenvalue weighted by Gasteiger charge is 2.25. The van der Waals surface area contributed by atoms with E-state index in [1.165, 1.54) is 30.2 Å². The Morgan fingerprint density at radius 3 is 2.68 bits per heavy atom. The van der Waals surface area contributed by atoms with Crippen LogP contribution in [0, 0.1) is 10.1 Å². The van der Waals surface area contributed by atoms with E-state index in [2.05, 4.69) is 0 Å². The van der Waals surface area contributed by atoms with Crippen LogP contribution in [0.3, 0.4) is 0 Å². The van der Waals surface area contributed by atoms with Crippen LogP contribution in [0.2, 0.25) is 0 Å². The van der Waals surface area contributed by atoms with Crippen LogP contribution < -0.4 is 4.74 Å². The highest BCUT2D eigenvalue weighted by atomic mass is 16.6. The van der Waals surface area contributed by atoms with Crippen LogP contribution in [0.5, 0.6) is 5.75 Å². The summed E-state index contributed by atoms with van der Waals surface area (Å²) in [6.07, 6.45) is 0. The molecule has 1 aromatic rings. The number of para-hydroxylation sites is 1. The fraction of sp³-hybridized carbons (Fsp3) is 0.417. The number of aliphatic hydroxyl groups is 1. The second-order valence-electron chi connectivity index (χ2n) is 3.72. The van der Waals surface area contributed by atoms with Crippen molar-refractivity contribution in [3.63, 3.8) is 0 Å². The van der Waals surface area contributed by atoms with Gasteiger partial charge in [0.1, 0.15) is 0 Å². The normalized spacial score (nSPS) is 10.1. The molecular weight excluding hydrogens is 252 g/mol. The summed E-state index contributed by atoms with van der Waals surface area (Å²) < 4.78 is 4.98. The van der Waals surface area contributed by atoms with E-state index in [9.17, 15) is 14.9 Å². The number of likely N-dealkylation sites (N-methyl/N-ethyl adjacent to an activating group) is 1. The molecule has 7 heteroatoms. The molecule has 19 heavy (non-hydrogen) atoms. The maximum atomic E-state index is 12.2. The van der Waals surface area contributed by atoms with E-state index in [1.54, 1.807) is 6.92 Å². The van der Waals surface area contributed by atoms with Crippen molar-refractivity contribution < 1.29 is 19.6 Å². The van der Waals surface area contributed by atoms with Crippen molar-refractivity contribution in [2.24, 2.45) is 0 Å². The maximum Gasteiger partial charge on any atom is 0.311 e. The first-order valence-electron chi connectivity index (χ1n) is 5.78. The lowest BCUT2D eigenvalue weighted by Gasteiger charge is -2.20. The minimum Gasteiger partial charge on any atom is -0.490 e. The van der Waals surface area contributed by atoms with Crippen molar-refractivity contribution in [1.82, 2.24) is 4.90 Å². The number of hydrogen-bond acceptors (Lipinski definition) is 5. The number of rotatable bonds is 6. The highest BCUT2D eigenvalue weighted by molar-refractivity contribution is 5.98. The minimum atomic E-state index is -0.599. The summed E-state index contributed by atoms with van der Waals surface area (Å²) in [7, 11) is 1.28. The van der Waals surface area contributed by atoms with Crippen molar-refractivity contribution in [1.29, 1.82) is 0 Å². The standard InChI is InChI=1S/C12H16N2O5/c1-3-13(7-8-15)12(16)9-5-4-6-10(14(17)18)11(9)19-2/h4-6,15H,3,7-8H2,1-2H3. The number of benzene rings is 1. The van der Waals surface area contributed by atoms with Gasteiger partial charge in [-0.15, -0.1) is 0 Å². The number of nitro groups is 1. The fourth-order valence-corrected chi connectivity index (χ4v) is 1.75. The van der Waals surface area contributed by atoms with Gasteiger partial charge in [-0.1, -0.05) is 6.07 Å². The predicted molar refractivity (Wildman–Crippen MR) is 68.3 cm³/mol. The number of amides is 1. The van der Waals surface area contributed by atoms with Crippen molar-refractivity contribution in [2.75, 3.05) is 26.8 Å². The van der Waals surface area contributed by atoms with Crippen molar-refractivity contribution in [3.8, 4) is 5.75 Å². The molecule has 0 aliphatic heterocycles. The smallest absolute Gasteiger partial charge is 0.311 e. The van der Waals surface area contributed by atoms with Crippen LogP contribution in [0.1, 0.15) is 17.3 Å². The summed E-state index contributed by atoms with van der Waals surface area (Å²) in [6.45, 7) is 2.15. The number of aliphatic hydroxyl groups excluding tert-OH is 1. The van der Waals surface area contributed by atoms with Gasteiger partial charge in [0.05, 0.1) is 24.2 Å². The average molecular weight is 268 g/mol. The molecule has 0 fully saturated rings. The molecule has 0 heterocycles. The zero-order valence-electron chi connectivity index (χ0n) is 10.8. The zero-order chi connectivity index (χ0) is 14.4. The number of ether oxygens (including phenoxy) is 1. The Labute approximate surface area is 110 Å². The second kappa shape index (κ2) is 6.69. The first kappa shape index (κ1) is 14.9. The summed E-state index contributed by atoms with van der Waals surface area (Å²) in [5.74, 6) is -0.467. The molecule has 0 aromatic heterocycles. The molecule has 0 aliphatic carbocycles. The van der Waals surface area contributed by atoms with E-state index in [-0.39, 0.29) is 30.2 Å². The van der Waals surface area contributed by atoms with E-state index in [0.29, 0.717) is 6.54 Å². The summed E-state index contributed by atoms with van der Waals surface area (Å²) in [4.78, 5) is 23.9. The molecule has 0 spiro atoms. The summed E-state index contributed by atoms with van der Waals surface area (Å²) >= 11 is 0. The van der Waals surface area contributed by atoms with Gasteiger partial charge in [0.25, 0.3) is 5.91 Å². The second-order valence-corrected chi connectivity index (χ2v) is 3.72. The number of methoxy groups -OCH3 is 1. The Hall–Kier alpha value is -2.15. The van der Waals surface area contributed by atoms with Crippen molar-refractivity contribution in [3.05, 3.63) is 33.9 Å². The molecule has 0 atom stereocenters. The van der Waals surface area contributed by atoms with Gasteiger partial charge in [0, 0.05) is 19.2 Å². The molecule has 0 saturated carbocycles. The summed E-state index contributed by atoms with van der Waals surface area (Å²) in [5, 5.41) is 19.8. The van der Waals surface area contributed by atoms with E-state index in [1.807, 2.05) is 0 Å². The van der Waals surface area contributed by atoms with Crippen LogP contribution in [0.25, 0.3) is 0 Å². The van der Waals surface area contributed by atoms with Gasteiger partial charge >= 0.3 is 5.69 Å². The van der Waals surface area contributed by atoms with Crippen LogP contribution >= 0.6 is 0 Å². The fourth-order valence-electron chi connectivity index (χ4n) is 1.75. The number of nitro benzene ring substituents is 1. The van der Waals surface area contributed by atoms with Gasteiger partial charge < -0.3 is 14.7 Å². The van der Waals surface area contributed by atoms with Gasteiger partial charge in [-0.2, -0.15) is 0 Å². The molecule has 0 saturated heterocycles. The van der Waals surface area contributed by atoms with Crippen LogP contribution in [-0.4, -0.2) is 47.6 Å².